The molecule has 2 amide bonds. The molecule has 1 atom stereocenters. The van der Waals surface area contributed by atoms with Crippen molar-refractivity contribution in [3.63, 3.8) is 0 Å². The molecule has 0 aliphatic rings. The van der Waals surface area contributed by atoms with Crippen LogP contribution < -0.4 is 5.32 Å². The molecule has 3 aromatic carbocycles. The van der Waals surface area contributed by atoms with Crippen LogP contribution in [-0.2, 0) is 39.2 Å². The number of hydrogen-bond acceptors (Lipinski definition) is 4. The molecule has 0 saturated carbocycles. The SMILES string of the molecule is CC(C(=O)NCc1ccc(Cl)cc1)N(Cc1ccc(Cl)cc1)C(=O)CN(Cc1ccccc1)S(C)(=O)=O. The van der Waals surface area contributed by atoms with E-state index >= 15 is 0 Å². The predicted molar refractivity (Wildman–Crippen MR) is 146 cm³/mol. The van der Waals surface area contributed by atoms with E-state index in [2.05, 4.69) is 5.32 Å². The lowest BCUT2D eigenvalue weighted by Crippen LogP contribution is -2.50. The van der Waals surface area contributed by atoms with Gasteiger partial charge in [-0.2, -0.15) is 4.31 Å². The summed E-state index contributed by atoms with van der Waals surface area (Å²) in [4.78, 5) is 28.0. The van der Waals surface area contributed by atoms with Crippen molar-refractivity contribution in [3.8, 4) is 0 Å². The van der Waals surface area contributed by atoms with E-state index in [9.17, 15) is 18.0 Å². The van der Waals surface area contributed by atoms with Crippen LogP contribution in [0.3, 0.4) is 0 Å². The van der Waals surface area contributed by atoms with E-state index in [1.54, 1.807) is 79.7 Å². The molecule has 1 N–H and O–H groups in total. The molecule has 0 spiro atoms. The third-order valence-corrected chi connectivity index (χ3v) is 7.50. The van der Waals surface area contributed by atoms with Crippen molar-refractivity contribution >= 4 is 45.0 Å². The molecule has 196 valence electrons. The Bertz CT molecular complexity index is 1300. The van der Waals surface area contributed by atoms with Crippen molar-refractivity contribution in [2.45, 2.75) is 32.6 Å². The Labute approximate surface area is 228 Å². The highest BCUT2D eigenvalue weighted by Crippen LogP contribution is 2.16. The Morgan fingerprint density at radius 3 is 1.86 bits per heavy atom. The summed E-state index contributed by atoms with van der Waals surface area (Å²) in [7, 11) is -3.71. The summed E-state index contributed by atoms with van der Waals surface area (Å²) in [6, 6.07) is 22.1. The maximum absolute atomic E-state index is 13.5. The molecule has 37 heavy (non-hydrogen) atoms. The minimum atomic E-state index is -3.71. The fourth-order valence-electron chi connectivity index (χ4n) is 3.63. The average molecular weight is 563 g/mol. The zero-order chi connectivity index (χ0) is 27.0. The van der Waals surface area contributed by atoms with Gasteiger partial charge in [-0.1, -0.05) is 77.8 Å². The molecule has 0 aliphatic carbocycles. The van der Waals surface area contributed by atoms with Gasteiger partial charge < -0.3 is 10.2 Å². The molecule has 0 saturated heterocycles. The Morgan fingerprint density at radius 2 is 1.32 bits per heavy atom. The number of carbonyl (C=O) groups is 2. The number of amides is 2. The fourth-order valence-corrected chi connectivity index (χ4v) is 4.61. The van der Waals surface area contributed by atoms with E-state index in [0.29, 0.717) is 10.0 Å². The lowest BCUT2D eigenvalue weighted by atomic mass is 10.1. The van der Waals surface area contributed by atoms with Gasteiger partial charge in [-0.15, -0.1) is 0 Å². The van der Waals surface area contributed by atoms with E-state index in [-0.39, 0.29) is 25.5 Å². The number of sulfonamides is 1. The molecule has 3 rings (SSSR count). The van der Waals surface area contributed by atoms with Crippen molar-refractivity contribution in [1.82, 2.24) is 14.5 Å². The van der Waals surface area contributed by atoms with Crippen LogP contribution in [0.5, 0.6) is 0 Å². The lowest BCUT2D eigenvalue weighted by molar-refractivity contribution is -0.140. The van der Waals surface area contributed by atoms with Crippen molar-refractivity contribution in [2.24, 2.45) is 0 Å². The van der Waals surface area contributed by atoms with Crippen molar-refractivity contribution in [1.29, 1.82) is 0 Å². The first-order valence-corrected chi connectivity index (χ1v) is 14.2. The number of carbonyl (C=O) groups excluding carboxylic acids is 2. The highest BCUT2D eigenvalue weighted by molar-refractivity contribution is 7.88. The highest BCUT2D eigenvalue weighted by atomic mass is 35.5. The average Bonchev–Trinajstić information content (AvgIpc) is 2.87. The van der Waals surface area contributed by atoms with E-state index in [0.717, 1.165) is 27.3 Å². The molecule has 0 fully saturated rings. The summed E-state index contributed by atoms with van der Waals surface area (Å²) in [6.07, 6.45) is 1.06. The Kier molecular flexibility index (Phi) is 10.1. The van der Waals surface area contributed by atoms with Gasteiger partial charge in [-0.3, -0.25) is 9.59 Å². The molecule has 0 heterocycles. The number of hydrogen-bond donors (Lipinski definition) is 1. The zero-order valence-corrected chi connectivity index (χ0v) is 22.9. The van der Waals surface area contributed by atoms with Gasteiger partial charge in [0.25, 0.3) is 0 Å². The number of halogens is 2. The minimum Gasteiger partial charge on any atom is -0.350 e. The van der Waals surface area contributed by atoms with Gasteiger partial charge in [0.15, 0.2) is 0 Å². The fraction of sp³-hybridized carbons (Fsp3) is 0.259. The first-order valence-electron chi connectivity index (χ1n) is 11.6. The Balaban J connectivity index is 1.80. The van der Waals surface area contributed by atoms with E-state index in [4.69, 9.17) is 23.2 Å². The van der Waals surface area contributed by atoms with Crippen LogP contribution in [0.2, 0.25) is 10.0 Å². The number of nitrogens with zero attached hydrogens (tertiary/aromatic N) is 2. The van der Waals surface area contributed by atoms with E-state index in [1.807, 2.05) is 6.07 Å². The maximum atomic E-state index is 13.5. The normalized spacial score (nSPS) is 12.2. The zero-order valence-electron chi connectivity index (χ0n) is 20.6. The molecular weight excluding hydrogens is 533 g/mol. The van der Waals surface area contributed by atoms with E-state index < -0.39 is 28.5 Å². The van der Waals surface area contributed by atoms with Crippen LogP contribution in [0.4, 0.5) is 0 Å². The summed E-state index contributed by atoms with van der Waals surface area (Å²) in [5.41, 5.74) is 2.36. The number of benzene rings is 3. The second-order valence-corrected chi connectivity index (χ2v) is 11.5. The minimum absolute atomic E-state index is 0.0390. The summed E-state index contributed by atoms with van der Waals surface area (Å²) >= 11 is 11.9. The standard InChI is InChI=1S/C27H29Cl2N3O4S/c1-20(27(34)30-16-21-8-12-24(28)13-9-21)32(18-23-10-14-25(29)15-11-23)26(33)19-31(37(2,35)36)17-22-6-4-3-5-7-22/h3-15,20H,16-19H2,1-2H3,(H,30,34). The maximum Gasteiger partial charge on any atom is 0.242 e. The molecule has 0 aliphatic heterocycles. The molecular formula is C27H29Cl2N3O4S. The van der Waals surface area contributed by atoms with Crippen LogP contribution in [0.25, 0.3) is 0 Å². The molecule has 7 nitrogen and oxygen atoms in total. The van der Waals surface area contributed by atoms with Gasteiger partial charge in [0, 0.05) is 29.7 Å². The summed E-state index contributed by atoms with van der Waals surface area (Å²) in [5, 5.41) is 3.98. The molecule has 1 unspecified atom stereocenters. The monoisotopic (exact) mass is 561 g/mol. The van der Waals surface area contributed by atoms with Crippen LogP contribution in [0.15, 0.2) is 78.9 Å². The molecule has 10 heteroatoms. The molecule has 0 radical (unpaired) electrons. The van der Waals surface area contributed by atoms with Crippen LogP contribution in [-0.4, -0.2) is 48.3 Å². The summed E-state index contributed by atoms with van der Waals surface area (Å²) < 4.78 is 26.2. The molecule has 0 aromatic heterocycles. The third kappa shape index (κ3) is 8.86. The van der Waals surface area contributed by atoms with Gasteiger partial charge in [0.2, 0.25) is 21.8 Å². The summed E-state index contributed by atoms with van der Waals surface area (Å²) in [5.74, 6) is -0.864. The second kappa shape index (κ2) is 13.1. The largest absolute Gasteiger partial charge is 0.350 e. The molecule has 0 bridgehead atoms. The van der Waals surface area contributed by atoms with Gasteiger partial charge in [-0.05, 0) is 47.9 Å². The van der Waals surface area contributed by atoms with Crippen LogP contribution in [0, 0.1) is 0 Å². The lowest BCUT2D eigenvalue weighted by Gasteiger charge is -2.31. The van der Waals surface area contributed by atoms with Gasteiger partial charge in [-0.25, -0.2) is 8.42 Å². The Morgan fingerprint density at radius 1 is 0.811 bits per heavy atom. The second-order valence-electron chi connectivity index (χ2n) is 8.69. The first-order chi connectivity index (χ1) is 17.5. The van der Waals surface area contributed by atoms with Crippen molar-refractivity contribution in [2.75, 3.05) is 12.8 Å². The first kappa shape index (κ1) is 28.7. The van der Waals surface area contributed by atoms with Gasteiger partial charge in [0.1, 0.15) is 6.04 Å². The number of rotatable bonds is 11. The van der Waals surface area contributed by atoms with Crippen LogP contribution >= 0.6 is 23.2 Å². The highest BCUT2D eigenvalue weighted by Gasteiger charge is 2.29. The van der Waals surface area contributed by atoms with Crippen molar-refractivity contribution in [3.05, 3.63) is 106 Å². The quantitative estimate of drug-likeness (QED) is 0.373. The topological polar surface area (TPSA) is 86.8 Å². The smallest absolute Gasteiger partial charge is 0.242 e. The predicted octanol–water partition coefficient (Wildman–Crippen LogP) is 4.49. The van der Waals surface area contributed by atoms with E-state index in [1.165, 1.54) is 4.90 Å². The Hall–Kier alpha value is -2.91. The van der Waals surface area contributed by atoms with Crippen molar-refractivity contribution < 1.29 is 18.0 Å². The summed E-state index contributed by atoms with van der Waals surface area (Å²) in [6.45, 7) is 1.61. The third-order valence-electron chi connectivity index (χ3n) is 5.80. The van der Waals surface area contributed by atoms with Crippen LogP contribution in [0.1, 0.15) is 23.6 Å². The number of nitrogens with one attached hydrogen (secondary N) is 1. The molecule has 3 aromatic rings. The van der Waals surface area contributed by atoms with Gasteiger partial charge in [0.05, 0.1) is 12.8 Å². The van der Waals surface area contributed by atoms with Gasteiger partial charge >= 0.3 is 0 Å².